The van der Waals surface area contributed by atoms with E-state index in [1.807, 2.05) is 62.7 Å². The largest absolute Gasteiger partial charge is 0.487 e. The zero-order chi connectivity index (χ0) is 51.2. The minimum Gasteiger partial charge on any atom is -0.420 e. The van der Waals surface area contributed by atoms with Crippen LogP contribution in [0.4, 0.5) is 20.3 Å². The number of nitrogens with one attached hydrogen (secondary N) is 3. The van der Waals surface area contributed by atoms with E-state index in [4.69, 9.17) is 26.1 Å². The van der Waals surface area contributed by atoms with Gasteiger partial charge in [0.1, 0.15) is 23.7 Å². The molecule has 3 aliphatic heterocycles. The predicted octanol–water partition coefficient (Wildman–Crippen LogP) is 7.54. The number of anilines is 2. The summed E-state index contributed by atoms with van der Waals surface area (Å²) < 4.78 is 44.6. The third kappa shape index (κ3) is 13.1. The fraction of sp³-hybridized carbons (Fsp3) is 0.471. The number of pyridine rings is 1. The van der Waals surface area contributed by atoms with Crippen LogP contribution >= 0.6 is 22.9 Å². The maximum Gasteiger partial charge on any atom is 0.487 e. The second kappa shape index (κ2) is 22.8. The lowest BCUT2D eigenvalue weighted by Crippen LogP contribution is -2.57. The first-order valence-electron chi connectivity index (χ1n) is 24.1. The third-order valence-electron chi connectivity index (χ3n) is 13.0. The number of hydrogen-bond acceptors (Lipinski definition) is 13. The van der Waals surface area contributed by atoms with E-state index in [0.717, 1.165) is 53.1 Å². The molecule has 0 radical (unpaired) electrons. The number of carbonyl (C=O) groups is 4. The Morgan fingerprint density at radius 3 is 2.49 bits per heavy atom. The zero-order valence-corrected chi connectivity index (χ0v) is 42.2. The standard InChI is InChI=1S/C51H60ClF2N9O8S/c1-31-44(72-30-57-31)34-10-8-32(9-11-34)25-56-48(67)41-24-37(64)28-62(41)49(68)45(50(2,3)4)60-42(65)18-22-69-29-33-17-20-61(27-33)46-39(40-16-19-58-63(40)43-7-5-6-21-70-43)23-35(26-55-46)47(66)59-36-12-14-38(15-13-36)71-51(52,53)54/h8-16,19,23,26,30,33,37,41,43,45,64H,5-7,17-18,20-22,24-25,27-29H2,1-4H3,(H,56,67)(H,59,66)(H,60,65)/t33-,37+,41-,43?,45?/m0/s1. The molecule has 6 heterocycles. The molecule has 5 aromatic rings. The van der Waals surface area contributed by atoms with Gasteiger partial charge in [-0.1, -0.05) is 45.0 Å². The van der Waals surface area contributed by atoms with Crippen LogP contribution in [-0.4, -0.2) is 117 Å². The molecule has 3 aliphatic rings. The molecule has 0 aliphatic carbocycles. The molecule has 0 saturated carbocycles. The van der Waals surface area contributed by atoms with Gasteiger partial charge < -0.3 is 45.1 Å². The topological polar surface area (TPSA) is 202 Å². The van der Waals surface area contributed by atoms with Gasteiger partial charge in [0.05, 0.1) is 46.7 Å². The number of likely N-dealkylation sites (tertiary alicyclic amines) is 1. The Kier molecular flexibility index (Phi) is 16.5. The van der Waals surface area contributed by atoms with Crippen molar-refractivity contribution >= 4 is 58.1 Å². The summed E-state index contributed by atoms with van der Waals surface area (Å²) in [7, 11) is 0. The van der Waals surface area contributed by atoms with Crippen molar-refractivity contribution in [1.82, 2.24) is 35.3 Å². The van der Waals surface area contributed by atoms with Crippen LogP contribution in [0.15, 0.2) is 78.6 Å². The number of aliphatic hydroxyl groups excluding tert-OH is 1. The highest BCUT2D eigenvalue weighted by Crippen LogP contribution is 2.37. The van der Waals surface area contributed by atoms with Crippen LogP contribution in [0.3, 0.4) is 0 Å². The van der Waals surface area contributed by atoms with Crippen molar-refractivity contribution in [3.05, 3.63) is 95.4 Å². The van der Waals surface area contributed by atoms with Gasteiger partial charge in [0.15, 0.2) is 6.23 Å². The number of alkyl halides is 3. The van der Waals surface area contributed by atoms with E-state index < -0.39 is 41.0 Å². The Balaban J connectivity index is 0.856. The Morgan fingerprint density at radius 2 is 1.79 bits per heavy atom. The van der Waals surface area contributed by atoms with Crippen LogP contribution in [0.5, 0.6) is 5.75 Å². The molecule has 2 unspecified atom stereocenters. The number of β-amino-alcohol motifs (C(OH)–C–C–N with tert-alkyl or cyclic N) is 1. The number of nitrogens with zero attached hydrogens (tertiary/aromatic N) is 6. The van der Waals surface area contributed by atoms with Gasteiger partial charge in [-0.25, -0.2) is 14.6 Å². The fourth-order valence-corrected chi connectivity index (χ4v) is 10.1. The maximum atomic E-state index is 14.2. The summed E-state index contributed by atoms with van der Waals surface area (Å²) in [6.07, 6.45) is 5.54. The van der Waals surface area contributed by atoms with E-state index in [2.05, 4.69) is 35.7 Å². The average Bonchev–Trinajstić information content (AvgIpc) is 4.19. The summed E-state index contributed by atoms with van der Waals surface area (Å²) in [5.74, 6) is -1.12. The lowest BCUT2D eigenvalue weighted by molar-refractivity contribution is -0.144. The highest BCUT2D eigenvalue weighted by Gasteiger charge is 2.44. The van der Waals surface area contributed by atoms with E-state index in [-0.39, 0.29) is 67.8 Å². The first-order chi connectivity index (χ1) is 34.4. The molecule has 3 aromatic heterocycles. The van der Waals surface area contributed by atoms with E-state index in [0.29, 0.717) is 43.4 Å². The molecule has 17 nitrogen and oxygen atoms in total. The Labute approximate surface area is 425 Å². The van der Waals surface area contributed by atoms with Crippen molar-refractivity contribution in [3.8, 4) is 27.4 Å². The van der Waals surface area contributed by atoms with Gasteiger partial charge >= 0.3 is 5.57 Å². The van der Waals surface area contributed by atoms with Crippen LogP contribution in [0.2, 0.25) is 0 Å². The van der Waals surface area contributed by atoms with Gasteiger partial charge in [-0.2, -0.15) is 5.10 Å². The van der Waals surface area contributed by atoms with Crippen molar-refractivity contribution in [1.29, 1.82) is 0 Å². The number of aliphatic hydroxyl groups is 1. The van der Waals surface area contributed by atoms with Crippen molar-refractivity contribution in [2.24, 2.45) is 11.3 Å². The van der Waals surface area contributed by atoms with Crippen molar-refractivity contribution in [2.75, 3.05) is 49.7 Å². The SMILES string of the molecule is Cc1ncsc1-c1ccc(CNC(=O)[C@@H]2C[C@@H](O)CN2C(=O)C(NC(=O)CCOC[C@H]2CCN(c3ncc(C(=O)Nc4ccc(OC(F)(F)Cl)cc4)cc3-c3ccnn3C3CCCCO3)C2)C(C)(C)C)cc1. The van der Waals surface area contributed by atoms with Gasteiger partial charge in [-0.3, -0.25) is 19.2 Å². The number of aryl methyl sites for hydroxylation is 1. The molecule has 3 fully saturated rings. The Bertz CT molecular complexity index is 2690. The molecule has 0 bridgehead atoms. The molecule has 2 aromatic carbocycles. The summed E-state index contributed by atoms with van der Waals surface area (Å²) in [5.41, 5.74) is 2.07. The number of carbonyl (C=O) groups excluding carboxylic acids is 4. The molecule has 0 spiro atoms. The van der Waals surface area contributed by atoms with Crippen LogP contribution < -0.4 is 25.6 Å². The van der Waals surface area contributed by atoms with Crippen LogP contribution in [0.1, 0.15) is 87.1 Å². The second-order valence-corrected chi connectivity index (χ2v) is 20.8. The maximum absolute atomic E-state index is 14.2. The number of halogens is 3. The molecule has 72 heavy (non-hydrogen) atoms. The average molecular weight is 1030 g/mol. The van der Waals surface area contributed by atoms with Crippen LogP contribution in [-0.2, 0) is 30.4 Å². The number of thiazole rings is 1. The molecular formula is C51H60ClF2N9O8S. The Hall–Kier alpha value is -6.06. The lowest BCUT2D eigenvalue weighted by atomic mass is 9.85. The Morgan fingerprint density at radius 1 is 1.01 bits per heavy atom. The van der Waals surface area contributed by atoms with Gasteiger partial charge in [0.25, 0.3) is 5.91 Å². The lowest BCUT2D eigenvalue weighted by Gasteiger charge is -2.35. The smallest absolute Gasteiger partial charge is 0.420 e. The van der Waals surface area contributed by atoms with E-state index >= 15 is 0 Å². The summed E-state index contributed by atoms with van der Waals surface area (Å²) in [5, 5.41) is 23.9. The number of benzene rings is 2. The molecule has 4 amide bonds. The molecule has 3 saturated heterocycles. The minimum atomic E-state index is -3.88. The number of hydrogen-bond donors (Lipinski definition) is 4. The normalized spacial score (nSPS) is 19.8. The van der Waals surface area contributed by atoms with Crippen molar-refractivity contribution in [2.45, 2.75) is 103 Å². The highest BCUT2D eigenvalue weighted by atomic mass is 35.5. The molecule has 21 heteroatoms. The van der Waals surface area contributed by atoms with Gasteiger partial charge in [-0.05, 0) is 85.5 Å². The quantitative estimate of drug-likeness (QED) is 0.0497. The van der Waals surface area contributed by atoms with Crippen LogP contribution in [0.25, 0.3) is 21.7 Å². The van der Waals surface area contributed by atoms with Crippen molar-refractivity contribution in [3.63, 3.8) is 0 Å². The van der Waals surface area contributed by atoms with E-state index in [1.54, 1.807) is 29.1 Å². The molecular weight excluding hydrogens is 972 g/mol. The first kappa shape index (κ1) is 52.3. The fourth-order valence-electron chi connectivity index (χ4n) is 9.23. The predicted molar refractivity (Wildman–Crippen MR) is 268 cm³/mol. The van der Waals surface area contributed by atoms with Gasteiger partial charge in [0.2, 0.25) is 17.7 Å². The summed E-state index contributed by atoms with van der Waals surface area (Å²) in [4.78, 5) is 68.5. The first-order valence-corrected chi connectivity index (χ1v) is 25.4. The summed E-state index contributed by atoms with van der Waals surface area (Å²) >= 11 is 6.46. The number of amides is 4. The minimum absolute atomic E-state index is 0.00603. The highest BCUT2D eigenvalue weighted by molar-refractivity contribution is 7.13. The third-order valence-corrected chi connectivity index (χ3v) is 14.0. The van der Waals surface area contributed by atoms with Gasteiger partial charge in [-0.15, -0.1) is 20.1 Å². The molecule has 384 valence electrons. The molecule has 5 atom stereocenters. The van der Waals surface area contributed by atoms with E-state index in [1.165, 1.54) is 35.4 Å². The van der Waals surface area contributed by atoms with Crippen molar-refractivity contribution < 1.29 is 47.3 Å². The molecule has 8 rings (SSSR count). The monoisotopic (exact) mass is 1030 g/mol. The number of ether oxygens (including phenoxy) is 3. The summed E-state index contributed by atoms with van der Waals surface area (Å²) in [6, 6.07) is 15.0. The second-order valence-electron chi connectivity index (χ2n) is 19.5. The van der Waals surface area contributed by atoms with Crippen LogP contribution in [0, 0.1) is 18.3 Å². The number of aromatic nitrogens is 4. The van der Waals surface area contributed by atoms with E-state index in [9.17, 15) is 33.1 Å². The number of rotatable bonds is 18. The summed E-state index contributed by atoms with van der Waals surface area (Å²) in [6.45, 7) is 9.98. The zero-order valence-electron chi connectivity index (χ0n) is 40.6. The van der Waals surface area contributed by atoms with Gasteiger partial charge in [0, 0.05) is 86.8 Å². The molecule has 4 N–H and O–H groups in total.